The first-order chi connectivity index (χ1) is 8.09. The minimum absolute atomic E-state index is 0.0668. The number of aromatic nitrogens is 1. The second-order valence-electron chi connectivity index (χ2n) is 4.87. The Morgan fingerprint density at radius 2 is 1.88 bits per heavy atom. The van der Waals surface area contributed by atoms with E-state index >= 15 is 0 Å². The van der Waals surface area contributed by atoms with Gasteiger partial charge in [-0.1, -0.05) is 18.2 Å². The third kappa shape index (κ3) is 2.51. The second kappa shape index (κ2) is 4.90. The van der Waals surface area contributed by atoms with E-state index in [1.165, 1.54) is 16.6 Å². The number of para-hydroxylation sites is 1. The van der Waals surface area contributed by atoms with E-state index in [4.69, 9.17) is 11.5 Å². The maximum atomic E-state index is 6.28. The molecular weight excluding hydrogens is 210 g/mol. The molecule has 5 N–H and O–H groups in total. The first kappa shape index (κ1) is 12.1. The SMILES string of the molecule is Cc1[nH]c2ccccc2c1C(N)CCC(C)N. The molecule has 2 rings (SSSR count). The van der Waals surface area contributed by atoms with Gasteiger partial charge < -0.3 is 16.5 Å². The highest BCUT2D eigenvalue weighted by Crippen LogP contribution is 2.28. The van der Waals surface area contributed by atoms with Crippen LogP contribution in [0.5, 0.6) is 0 Å². The topological polar surface area (TPSA) is 67.8 Å². The molecule has 0 radical (unpaired) electrons. The Morgan fingerprint density at radius 3 is 2.59 bits per heavy atom. The van der Waals surface area contributed by atoms with Crippen molar-refractivity contribution >= 4 is 10.9 Å². The standard InChI is InChI=1S/C14H21N3/c1-9(15)7-8-12(16)14-10(2)17-13-6-4-3-5-11(13)14/h3-6,9,12,17H,7-8,15-16H2,1-2H3. The molecule has 2 aromatic rings. The van der Waals surface area contributed by atoms with Crippen molar-refractivity contribution in [1.82, 2.24) is 4.98 Å². The summed E-state index contributed by atoms with van der Waals surface area (Å²) in [4.78, 5) is 3.38. The minimum Gasteiger partial charge on any atom is -0.358 e. The number of nitrogens with one attached hydrogen (secondary N) is 1. The van der Waals surface area contributed by atoms with Gasteiger partial charge in [-0.3, -0.25) is 0 Å². The molecular formula is C14H21N3. The predicted molar refractivity (Wildman–Crippen MR) is 72.8 cm³/mol. The van der Waals surface area contributed by atoms with Gasteiger partial charge in [-0.15, -0.1) is 0 Å². The van der Waals surface area contributed by atoms with E-state index in [1.54, 1.807) is 0 Å². The van der Waals surface area contributed by atoms with E-state index in [2.05, 4.69) is 30.1 Å². The molecule has 3 heteroatoms. The molecule has 1 heterocycles. The Bertz CT molecular complexity index is 499. The number of rotatable bonds is 4. The van der Waals surface area contributed by atoms with Crippen molar-refractivity contribution in [3.63, 3.8) is 0 Å². The van der Waals surface area contributed by atoms with Crippen LogP contribution in [0.15, 0.2) is 24.3 Å². The number of aryl methyl sites for hydroxylation is 1. The predicted octanol–water partition coefficient (Wildman–Crippen LogP) is 2.60. The number of hydrogen-bond acceptors (Lipinski definition) is 2. The summed E-state index contributed by atoms with van der Waals surface area (Å²) < 4.78 is 0. The lowest BCUT2D eigenvalue weighted by atomic mass is 9.98. The second-order valence-corrected chi connectivity index (χ2v) is 4.87. The Balaban J connectivity index is 2.30. The summed E-state index contributed by atoms with van der Waals surface area (Å²) in [5.74, 6) is 0. The third-order valence-corrected chi connectivity index (χ3v) is 3.25. The van der Waals surface area contributed by atoms with Gasteiger partial charge in [-0.05, 0) is 38.3 Å². The summed E-state index contributed by atoms with van der Waals surface area (Å²) in [6.07, 6.45) is 1.89. The molecule has 0 aliphatic rings. The third-order valence-electron chi connectivity index (χ3n) is 3.25. The molecule has 2 atom stereocenters. The highest BCUT2D eigenvalue weighted by Gasteiger charge is 2.15. The molecule has 3 nitrogen and oxygen atoms in total. The molecule has 92 valence electrons. The maximum Gasteiger partial charge on any atom is 0.0459 e. The number of fused-ring (bicyclic) bond motifs is 1. The minimum atomic E-state index is 0.0668. The van der Waals surface area contributed by atoms with E-state index in [9.17, 15) is 0 Å². The average molecular weight is 231 g/mol. The lowest BCUT2D eigenvalue weighted by Crippen LogP contribution is -2.19. The van der Waals surface area contributed by atoms with Crippen molar-refractivity contribution in [1.29, 1.82) is 0 Å². The number of benzene rings is 1. The number of aromatic amines is 1. The Kier molecular flexibility index (Phi) is 3.50. The van der Waals surface area contributed by atoms with Crippen LogP contribution in [-0.2, 0) is 0 Å². The van der Waals surface area contributed by atoms with Crippen molar-refractivity contribution in [3.8, 4) is 0 Å². The molecule has 1 aromatic carbocycles. The van der Waals surface area contributed by atoms with Crippen LogP contribution in [0.4, 0.5) is 0 Å². The lowest BCUT2D eigenvalue weighted by Gasteiger charge is -2.13. The fourth-order valence-corrected chi connectivity index (χ4v) is 2.36. The molecule has 0 fully saturated rings. The van der Waals surface area contributed by atoms with Crippen molar-refractivity contribution in [2.75, 3.05) is 0 Å². The number of nitrogens with two attached hydrogens (primary N) is 2. The fourth-order valence-electron chi connectivity index (χ4n) is 2.36. The highest BCUT2D eigenvalue weighted by molar-refractivity contribution is 5.85. The molecule has 0 aliphatic heterocycles. The zero-order valence-corrected chi connectivity index (χ0v) is 10.5. The van der Waals surface area contributed by atoms with Crippen LogP contribution in [0.1, 0.15) is 37.1 Å². The van der Waals surface area contributed by atoms with E-state index < -0.39 is 0 Å². The molecule has 0 saturated carbocycles. The molecule has 0 saturated heterocycles. The molecule has 0 amide bonds. The number of hydrogen-bond donors (Lipinski definition) is 3. The maximum absolute atomic E-state index is 6.28. The zero-order valence-electron chi connectivity index (χ0n) is 10.5. The van der Waals surface area contributed by atoms with E-state index in [0.29, 0.717) is 0 Å². The van der Waals surface area contributed by atoms with Crippen molar-refractivity contribution in [2.45, 2.75) is 38.8 Å². The molecule has 0 spiro atoms. The van der Waals surface area contributed by atoms with Crippen molar-refractivity contribution in [3.05, 3.63) is 35.5 Å². The summed E-state index contributed by atoms with van der Waals surface area (Å²) in [5.41, 5.74) is 15.6. The lowest BCUT2D eigenvalue weighted by molar-refractivity contribution is 0.555. The normalized spacial score (nSPS) is 15.1. The Labute approximate surface area is 102 Å². The van der Waals surface area contributed by atoms with E-state index in [1.807, 2.05) is 13.0 Å². The van der Waals surface area contributed by atoms with Crippen molar-refractivity contribution < 1.29 is 0 Å². The molecule has 1 aromatic heterocycles. The van der Waals surface area contributed by atoms with Gasteiger partial charge in [0.2, 0.25) is 0 Å². The summed E-state index contributed by atoms with van der Waals surface area (Å²) in [6, 6.07) is 8.58. The Hall–Kier alpha value is -1.32. The van der Waals surface area contributed by atoms with Crippen LogP contribution in [0, 0.1) is 6.92 Å². The first-order valence-corrected chi connectivity index (χ1v) is 6.18. The first-order valence-electron chi connectivity index (χ1n) is 6.18. The van der Waals surface area contributed by atoms with Crippen LogP contribution >= 0.6 is 0 Å². The van der Waals surface area contributed by atoms with Crippen LogP contribution in [0.3, 0.4) is 0 Å². The highest BCUT2D eigenvalue weighted by atomic mass is 14.7. The van der Waals surface area contributed by atoms with Gasteiger partial charge in [0, 0.05) is 28.7 Å². The molecule has 0 bridgehead atoms. The van der Waals surface area contributed by atoms with Gasteiger partial charge in [0.15, 0.2) is 0 Å². The van der Waals surface area contributed by atoms with Crippen LogP contribution in [-0.4, -0.2) is 11.0 Å². The van der Waals surface area contributed by atoms with E-state index in [-0.39, 0.29) is 12.1 Å². The zero-order chi connectivity index (χ0) is 12.4. The van der Waals surface area contributed by atoms with Gasteiger partial charge in [0.05, 0.1) is 0 Å². The van der Waals surface area contributed by atoms with Gasteiger partial charge in [-0.2, -0.15) is 0 Å². The number of H-pyrrole nitrogens is 1. The van der Waals surface area contributed by atoms with Crippen LogP contribution in [0.2, 0.25) is 0 Å². The summed E-state index contributed by atoms with van der Waals surface area (Å²) in [7, 11) is 0. The summed E-state index contributed by atoms with van der Waals surface area (Å²) in [6.45, 7) is 4.11. The van der Waals surface area contributed by atoms with Gasteiger partial charge >= 0.3 is 0 Å². The molecule has 0 aliphatic carbocycles. The van der Waals surface area contributed by atoms with Gasteiger partial charge in [-0.25, -0.2) is 0 Å². The fraction of sp³-hybridized carbons (Fsp3) is 0.429. The molecule has 2 unspecified atom stereocenters. The molecule has 17 heavy (non-hydrogen) atoms. The average Bonchev–Trinajstić information content (AvgIpc) is 2.61. The quantitative estimate of drug-likeness (QED) is 0.757. The smallest absolute Gasteiger partial charge is 0.0459 e. The monoisotopic (exact) mass is 231 g/mol. The summed E-state index contributed by atoms with van der Waals surface area (Å²) >= 11 is 0. The summed E-state index contributed by atoms with van der Waals surface area (Å²) in [5, 5.41) is 1.24. The van der Waals surface area contributed by atoms with Gasteiger partial charge in [0.1, 0.15) is 0 Å². The van der Waals surface area contributed by atoms with Crippen LogP contribution in [0.25, 0.3) is 10.9 Å². The van der Waals surface area contributed by atoms with Crippen molar-refractivity contribution in [2.24, 2.45) is 11.5 Å². The van der Waals surface area contributed by atoms with E-state index in [0.717, 1.165) is 18.4 Å². The van der Waals surface area contributed by atoms with Gasteiger partial charge in [0.25, 0.3) is 0 Å². The van der Waals surface area contributed by atoms with Crippen LogP contribution < -0.4 is 11.5 Å². The Morgan fingerprint density at radius 1 is 1.18 bits per heavy atom. The largest absolute Gasteiger partial charge is 0.358 e.